The van der Waals surface area contributed by atoms with Crippen LogP contribution in [-0.2, 0) is 9.59 Å². The number of imide groups is 1. The van der Waals surface area contributed by atoms with Gasteiger partial charge in [-0.15, -0.1) is 0 Å². The van der Waals surface area contributed by atoms with Crippen molar-refractivity contribution in [2.75, 3.05) is 11.9 Å². The van der Waals surface area contributed by atoms with Crippen molar-refractivity contribution in [3.8, 4) is 0 Å². The van der Waals surface area contributed by atoms with Crippen LogP contribution >= 0.6 is 15.9 Å². The molecule has 2 saturated carbocycles. The van der Waals surface area contributed by atoms with Crippen LogP contribution in [0.25, 0.3) is 0 Å². The molecule has 2 atom stereocenters. The number of likely N-dealkylation sites (tertiary alicyclic amines) is 1. The standard InChI is InChI=1S/C13H18BrNO2/c14-7-13(4-2-1-3-5-13)8-15-11(16)9-6-10(9)12(15)17/h9-10H,1-8H2. The molecule has 3 nitrogen and oxygen atoms in total. The van der Waals surface area contributed by atoms with Crippen LogP contribution in [0.4, 0.5) is 0 Å². The first-order chi connectivity index (χ1) is 8.17. The van der Waals surface area contributed by atoms with Gasteiger partial charge in [0.1, 0.15) is 0 Å². The van der Waals surface area contributed by atoms with Crippen LogP contribution in [0.15, 0.2) is 0 Å². The molecule has 94 valence electrons. The normalized spacial score (nSPS) is 35.0. The molecular weight excluding hydrogens is 282 g/mol. The lowest BCUT2D eigenvalue weighted by molar-refractivity contribution is -0.143. The summed E-state index contributed by atoms with van der Waals surface area (Å²) in [5, 5.41) is 0.909. The lowest BCUT2D eigenvalue weighted by atomic mass is 9.75. The Morgan fingerprint density at radius 3 is 2.24 bits per heavy atom. The molecule has 3 fully saturated rings. The molecule has 2 amide bonds. The first-order valence-electron chi connectivity index (χ1n) is 6.58. The molecule has 0 bridgehead atoms. The van der Waals surface area contributed by atoms with Crippen LogP contribution in [0.1, 0.15) is 38.5 Å². The Balaban J connectivity index is 1.73. The summed E-state index contributed by atoms with van der Waals surface area (Å²) >= 11 is 3.59. The minimum Gasteiger partial charge on any atom is -0.282 e. The van der Waals surface area contributed by atoms with Crippen molar-refractivity contribution in [1.29, 1.82) is 0 Å². The van der Waals surface area contributed by atoms with E-state index in [1.807, 2.05) is 0 Å². The van der Waals surface area contributed by atoms with Gasteiger partial charge in [-0.25, -0.2) is 0 Å². The van der Waals surface area contributed by atoms with Gasteiger partial charge in [-0.05, 0) is 24.7 Å². The van der Waals surface area contributed by atoms with E-state index in [0.717, 1.165) is 24.6 Å². The number of amides is 2. The molecule has 0 aromatic carbocycles. The highest BCUT2D eigenvalue weighted by Gasteiger charge is 2.59. The maximum atomic E-state index is 12.0. The summed E-state index contributed by atoms with van der Waals surface area (Å²) in [6, 6.07) is 0. The van der Waals surface area contributed by atoms with E-state index in [0.29, 0.717) is 6.54 Å². The van der Waals surface area contributed by atoms with Crippen molar-refractivity contribution < 1.29 is 9.59 Å². The van der Waals surface area contributed by atoms with Crippen LogP contribution in [-0.4, -0.2) is 28.6 Å². The van der Waals surface area contributed by atoms with E-state index in [9.17, 15) is 9.59 Å². The van der Waals surface area contributed by atoms with Crippen LogP contribution in [0, 0.1) is 17.3 Å². The van der Waals surface area contributed by atoms with Crippen LogP contribution in [0.5, 0.6) is 0 Å². The van der Waals surface area contributed by atoms with Gasteiger partial charge in [0.25, 0.3) is 0 Å². The Bertz CT molecular complexity index is 342. The second kappa shape index (κ2) is 4.08. The van der Waals surface area contributed by atoms with Gasteiger partial charge in [-0.3, -0.25) is 14.5 Å². The third kappa shape index (κ3) is 1.85. The summed E-state index contributed by atoms with van der Waals surface area (Å²) < 4.78 is 0. The maximum absolute atomic E-state index is 12.0. The van der Waals surface area contributed by atoms with E-state index in [4.69, 9.17) is 0 Å². The monoisotopic (exact) mass is 299 g/mol. The highest BCUT2D eigenvalue weighted by molar-refractivity contribution is 9.09. The van der Waals surface area contributed by atoms with Crippen molar-refractivity contribution in [2.45, 2.75) is 38.5 Å². The smallest absolute Gasteiger partial charge is 0.233 e. The molecule has 0 N–H and O–H groups in total. The van der Waals surface area contributed by atoms with E-state index < -0.39 is 0 Å². The summed E-state index contributed by atoms with van der Waals surface area (Å²) in [7, 11) is 0. The molecule has 1 heterocycles. The van der Waals surface area contributed by atoms with Gasteiger partial charge >= 0.3 is 0 Å². The van der Waals surface area contributed by atoms with E-state index in [1.165, 1.54) is 19.3 Å². The number of piperidine rings is 1. The van der Waals surface area contributed by atoms with Gasteiger partial charge < -0.3 is 0 Å². The zero-order valence-electron chi connectivity index (χ0n) is 9.95. The lowest BCUT2D eigenvalue weighted by Gasteiger charge is -2.38. The third-order valence-electron chi connectivity index (χ3n) is 4.65. The second-order valence-corrected chi connectivity index (χ2v) is 6.47. The van der Waals surface area contributed by atoms with Crippen molar-refractivity contribution in [2.24, 2.45) is 17.3 Å². The zero-order valence-corrected chi connectivity index (χ0v) is 11.5. The van der Waals surface area contributed by atoms with Crippen LogP contribution in [0.3, 0.4) is 0 Å². The van der Waals surface area contributed by atoms with Gasteiger partial charge in [0.2, 0.25) is 11.8 Å². The Kier molecular flexibility index (Phi) is 2.80. The SMILES string of the molecule is O=C1C2CC2C(=O)N1CC1(CBr)CCCCC1. The topological polar surface area (TPSA) is 37.4 Å². The number of rotatable bonds is 3. The molecule has 0 aromatic heterocycles. The number of alkyl halides is 1. The van der Waals surface area contributed by atoms with Gasteiger partial charge in [0, 0.05) is 11.9 Å². The molecule has 1 aliphatic heterocycles. The van der Waals surface area contributed by atoms with Gasteiger partial charge in [-0.1, -0.05) is 35.2 Å². The van der Waals surface area contributed by atoms with Crippen molar-refractivity contribution in [3.63, 3.8) is 0 Å². The van der Waals surface area contributed by atoms with E-state index in [1.54, 1.807) is 4.90 Å². The highest BCUT2D eigenvalue weighted by Crippen LogP contribution is 2.49. The summed E-state index contributed by atoms with van der Waals surface area (Å²) in [6.45, 7) is 0.656. The molecular formula is C13H18BrNO2. The summed E-state index contributed by atoms with van der Waals surface area (Å²) in [4.78, 5) is 25.5. The van der Waals surface area contributed by atoms with Gasteiger partial charge in [0.05, 0.1) is 11.8 Å². The van der Waals surface area contributed by atoms with Crippen molar-refractivity contribution in [3.05, 3.63) is 0 Å². The van der Waals surface area contributed by atoms with Crippen LogP contribution in [0.2, 0.25) is 0 Å². The first kappa shape index (κ1) is 11.7. The number of nitrogens with zero attached hydrogens (tertiary/aromatic N) is 1. The van der Waals surface area contributed by atoms with Gasteiger partial charge in [-0.2, -0.15) is 0 Å². The first-order valence-corrected chi connectivity index (χ1v) is 7.70. The molecule has 1 saturated heterocycles. The molecule has 3 aliphatic rings. The fraction of sp³-hybridized carbons (Fsp3) is 0.846. The largest absolute Gasteiger partial charge is 0.282 e. The summed E-state index contributed by atoms with van der Waals surface area (Å²) in [6.07, 6.45) is 6.86. The molecule has 0 aromatic rings. The Morgan fingerprint density at radius 2 is 1.71 bits per heavy atom. The lowest BCUT2D eigenvalue weighted by Crippen LogP contribution is -2.44. The average molecular weight is 300 g/mol. The number of fused-ring (bicyclic) bond motifs is 1. The molecule has 0 radical (unpaired) electrons. The van der Waals surface area contributed by atoms with Crippen LogP contribution < -0.4 is 0 Å². The van der Waals surface area contributed by atoms with E-state index in [2.05, 4.69) is 15.9 Å². The predicted octanol–water partition coefficient (Wildman–Crippen LogP) is 2.34. The van der Waals surface area contributed by atoms with Gasteiger partial charge in [0.15, 0.2) is 0 Å². The third-order valence-corrected chi connectivity index (χ3v) is 5.84. The molecule has 0 spiro atoms. The number of carbonyl (C=O) groups excluding carboxylic acids is 2. The number of hydrogen-bond acceptors (Lipinski definition) is 2. The highest BCUT2D eigenvalue weighted by atomic mass is 79.9. The van der Waals surface area contributed by atoms with Crippen molar-refractivity contribution in [1.82, 2.24) is 4.90 Å². The quantitative estimate of drug-likeness (QED) is 0.592. The molecule has 4 heteroatoms. The molecule has 2 aliphatic carbocycles. The number of carbonyl (C=O) groups is 2. The Morgan fingerprint density at radius 1 is 1.12 bits per heavy atom. The fourth-order valence-corrected chi connectivity index (χ4v) is 4.11. The fourth-order valence-electron chi connectivity index (χ4n) is 3.38. The number of hydrogen-bond donors (Lipinski definition) is 0. The summed E-state index contributed by atoms with van der Waals surface area (Å²) in [5.41, 5.74) is 0.153. The van der Waals surface area contributed by atoms with E-state index in [-0.39, 0.29) is 29.1 Å². The number of halogens is 1. The minimum absolute atomic E-state index is 0.0541. The summed E-state index contributed by atoms with van der Waals surface area (Å²) in [5.74, 6) is 0.314. The second-order valence-electron chi connectivity index (χ2n) is 5.91. The maximum Gasteiger partial charge on any atom is 0.233 e. The average Bonchev–Trinajstić information content (AvgIpc) is 3.11. The Hall–Kier alpha value is -0.380. The van der Waals surface area contributed by atoms with Crippen molar-refractivity contribution >= 4 is 27.7 Å². The molecule has 2 unspecified atom stereocenters. The Labute approximate surface area is 110 Å². The van der Waals surface area contributed by atoms with E-state index >= 15 is 0 Å². The zero-order chi connectivity index (χ0) is 12.0. The predicted molar refractivity (Wildman–Crippen MR) is 67.6 cm³/mol. The molecule has 3 rings (SSSR count). The minimum atomic E-state index is 0.0541. The molecule has 17 heavy (non-hydrogen) atoms.